The summed E-state index contributed by atoms with van der Waals surface area (Å²) in [4.78, 5) is 45.4. The summed E-state index contributed by atoms with van der Waals surface area (Å²) in [5, 5.41) is 5.14. The predicted molar refractivity (Wildman–Crippen MR) is 196 cm³/mol. The van der Waals surface area contributed by atoms with E-state index in [2.05, 4.69) is 62.4 Å². The largest absolute Gasteiger partial charge is 0.459 e. The second-order valence-electron chi connectivity index (χ2n) is 17.6. The molecule has 1 aromatic carbocycles. The van der Waals surface area contributed by atoms with Crippen molar-refractivity contribution in [3.63, 3.8) is 0 Å². The van der Waals surface area contributed by atoms with E-state index in [1.807, 2.05) is 4.90 Å². The normalized spacial score (nSPS) is 19.8. The van der Waals surface area contributed by atoms with E-state index in [4.69, 9.17) is 13.9 Å². The lowest BCUT2D eigenvalue weighted by Crippen LogP contribution is -2.47. The fourth-order valence-corrected chi connectivity index (χ4v) is 6.96. The molecule has 1 saturated carbocycles. The van der Waals surface area contributed by atoms with Gasteiger partial charge in [0, 0.05) is 19.6 Å². The standard InChI is InChI=1S/C40H60N4O6/c1-26-21-30-31(40(10,11)19-18-39(30,8)9)22-29(26)25-44(33(45)32-13-12-20-48-32)24-28-16-14-27(15-17-28)23-41-34(42-35(46)49-37(2,3)4)43-36(47)50-38(5,6)7/h12-13,20-22,27-28H,14-19,23-25H2,1-11H3,(H2,41,42,43,46,47). The van der Waals surface area contributed by atoms with Crippen LogP contribution in [0.15, 0.2) is 39.9 Å². The van der Waals surface area contributed by atoms with Crippen LogP contribution in [0.5, 0.6) is 0 Å². The van der Waals surface area contributed by atoms with Crippen LogP contribution >= 0.6 is 0 Å². The van der Waals surface area contributed by atoms with Crippen molar-refractivity contribution in [2.75, 3.05) is 13.1 Å². The number of hydrogen-bond acceptors (Lipinski definition) is 7. The molecule has 2 N–H and O–H groups in total. The van der Waals surface area contributed by atoms with Crippen LogP contribution in [0.3, 0.4) is 0 Å². The number of rotatable bonds is 7. The molecule has 1 fully saturated rings. The maximum Gasteiger partial charge on any atom is 0.414 e. The summed E-state index contributed by atoms with van der Waals surface area (Å²) in [6.07, 6.45) is 6.10. The number of ether oxygens (including phenoxy) is 2. The fraction of sp³-hybridized carbons (Fsp3) is 0.650. The second kappa shape index (κ2) is 15.2. The molecule has 0 atom stereocenters. The van der Waals surface area contributed by atoms with Crippen LogP contribution in [0, 0.1) is 18.8 Å². The first-order valence-corrected chi connectivity index (χ1v) is 18.1. The van der Waals surface area contributed by atoms with Gasteiger partial charge in [-0.1, -0.05) is 39.8 Å². The van der Waals surface area contributed by atoms with Gasteiger partial charge < -0.3 is 18.8 Å². The second-order valence-corrected chi connectivity index (χ2v) is 17.6. The lowest BCUT2D eigenvalue weighted by atomic mass is 9.62. The third-order valence-corrected chi connectivity index (χ3v) is 9.88. The van der Waals surface area contributed by atoms with Crippen LogP contribution in [-0.4, -0.2) is 53.2 Å². The molecule has 0 unspecified atom stereocenters. The number of guanidine groups is 1. The maximum atomic E-state index is 13.8. The zero-order valence-corrected chi connectivity index (χ0v) is 32.2. The van der Waals surface area contributed by atoms with Gasteiger partial charge in [-0.3, -0.25) is 20.4 Å². The molecule has 2 aliphatic carbocycles. The minimum atomic E-state index is -0.711. The molecule has 1 heterocycles. The molecule has 50 heavy (non-hydrogen) atoms. The number of carbonyl (C=O) groups excluding carboxylic acids is 3. The van der Waals surface area contributed by atoms with Crippen LogP contribution in [0.1, 0.15) is 141 Å². The molecule has 3 amide bonds. The Labute approximate surface area is 299 Å². The van der Waals surface area contributed by atoms with Gasteiger partial charge in [0.2, 0.25) is 5.96 Å². The van der Waals surface area contributed by atoms with Gasteiger partial charge >= 0.3 is 12.2 Å². The molecule has 2 aromatic rings. The molecule has 10 nitrogen and oxygen atoms in total. The number of alkyl carbamates (subject to hydrolysis) is 2. The number of aryl methyl sites for hydroxylation is 1. The highest BCUT2D eigenvalue weighted by Crippen LogP contribution is 2.46. The van der Waals surface area contributed by atoms with Gasteiger partial charge in [0.15, 0.2) is 5.76 Å². The Morgan fingerprint density at radius 1 is 0.860 bits per heavy atom. The number of aliphatic imine (C=N–C) groups is 1. The van der Waals surface area contributed by atoms with Crippen molar-refractivity contribution < 1.29 is 28.3 Å². The van der Waals surface area contributed by atoms with Gasteiger partial charge in [0.25, 0.3) is 5.91 Å². The molecular formula is C40H60N4O6. The van der Waals surface area contributed by atoms with Crippen LogP contribution in [0.25, 0.3) is 0 Å². The molecule has 0 bridgehead atoms. The lowest BCUT2D eigenvalue weighted by molar-refractivity contribution is 0.0543. The van der Waals surface area contributed by atoms with E-state index < -0.39 is 23.4 Å². The van der Waals surface area contributed by atoms with Gasteiger partial charge in [-0.25, -0.2) is 9.59 Å². The van der Waals surface area contributed by atoms with Gasteiger partial charge in [-0.15, -0.1) is 0 Å². The van der Waals surface area contributed by atoms with E-state index >= 15 is 0 Å². The Kier molecular flexibility index (Phi) is 11.8. The quantitative estimate of drug-likeness (QED) is 0.221. The number of fused-ring (bicyclic) bond motifs is 1. The van der Waals surface area contributed by atoms with Crippen LogP contribution in [0.2, 0.25) is 0 Å². The maximum absolute atomic E-state index is 13.8. The van der Waals surface area contributed by atoms with Crippen LogP contribution < -0.4 is 10.6 Å². The highest BCUT2D eigenvalue weighted by Gasteiger charge is 2.38. The molecule has 276 valence electrons. The number of amides is 3. The third-order valence-electron chi connectivity index (χ3n) is 9.88. The Morgan fingerprint density at radius 3 is 1.88 bits per heavy atom. The first-order chi connectivity index (χ1) is 23.1. The lowest BCUT2D eigenvalue weighted by Gasteiger charge is -2.42. The zero-order valence-electron chi connectivity index (χ0n) is 32.2. The summed E-state index contributed by atoms with van der Waals surface area (Å²) in [7, 11) is 0. The number of nitrogens with one attached hydrogen (secondary N) is 2. The van der Waals surface area contributed by atoms with Crippen LogP contribution in [0.4, 0.5) is 9.59 Å². The zero-order chi connectivity index (χ0) is 37.1. The molecule has 10 heteroatoms. The van der Waals surface area contributed by atoms with Crippen molar-refractivity contribution in [3.05, 3.63) is 58.5 Å². The van der Waals surface area contributed by atoms with Gasteiger partial charge in [-0.2, -0.15) is 0 Å². The highest BCUT2D eigenvalue weighted by atomic mass is 16.6. The van der Waals surface area contributed by atoms with Gasteiger partial charge in [0.1, 0.15) is 11.2 Å². The number of carbonyl (C=O) groups is 3. The Morgan fingerprint density at radius 2 is 1.38 bits per heavy atom. The summed E-state index contributed by atoms with van der Waals surface area (Å²) in [6.45, 7) is 23.7. The molecule has 0 saturated heterocycles. The number of nitrogens with zero attached hydrogens (tertiary/aromatic N) is 2. The molecule has 0 spiro atoms. The third kappa shape index (κ3) is 10.8. The minimum Gasteiger partial charge on any atom is -0.459 e. The predicted octanol–water partition coefficient (Wildman–Crippen LogP) is 8.79. The van der Waals surface area contributed by atoms with Crippen molar-refractivity contribution in [1.29, 1.82) is 0 Å². The average Bonchev–Trinajstić information content (AvgIpc) is 3.52. The van der Waals surface area contributed by atoms with E-state index in [1.54, 1.807) is 59.9 Å². The SMILES string of the molecule is Cc1cc2c(cc1CN(CC1CCC(CN=C(NC(=O)OC(C)(C)C)NC(=O)OC(C)(C)C)CC1)C(=O)c1ccco1)C(C)(C)CCC2(C)C. The first kappa shape index (κ1) is 39.0. The summed E-state index contributed by atoms with van der Waals surface area (Å²) in [6, 6.07) is 8.22. The molecular weight excluding hydrogens is 632 g/mol. The van der Waals surface area contributed by atoms with E-state index in [9.17, 15) is 14.4 Å². The first-order valence-electron chi connectivity index (χ1n) is 18.1. The van der Waals surface area contributed by atoms with Crippen molar-refractivity contribution in [2.24, 2.45) is 16.8 Å². The summed E-state index contributed by atoms with van der Waals surface area (Å²) >= 11 is 0. The highest BCUT2D eigenvalue weighted by molar-refractivity contribution is 6.01. The monoisotopic (exact) mass is 692 g/mol. The summed E-state index contributed by atoms with van der Waals surface area (Å²) in [5.41, 5.74) is 3.99. The molecule has 0 aliphatic heterocycles. The Hall–Kier alpha value is -3.82. The summed E-state index contributed by atoms with van der Waals surface area (Å²) in [5.74, 6) is 0.835. The molecule has 0 radical (unpaired) electrons. The van der Waals surface area contributed by atoms with Crippen molar-refractivity contribution >= 4 is 24.1 Å². The number of furan rings is 1. The Balaban J connectivity index is 1.45. The van der Waals surface area contributed by atoms with E-state index in [1.165, 1.54) is 22.3 Å². The smallest absolute Gasteiger partial charge is 0.414 e. The van der Waals surface area contributed by atoms with Gasteiger partial charge in [-0.05, 0) is 144 Å². The van der Waals surface area contributed by atoms with E-state index in [0.29, 0.717) is 31.3 Å². The number of benzene rings is 1. The van der Waals surface area contributed by atoms with E-state index in [-0.39, 0.29) is 28.6 Å². The van der Waals surface area contributed by atoms with Crippen LogP contribution in [-0.2, 0) is 26.8 Å². The van der Waals surface area contributed by atoms with Crippen molar-refractivity contribution in [2.45, 2.75) is 143 Å². The van der Waals surface area contributed by atoms with Gasteiger partial charge in [0.05, 0.1) is 6.26 Å². The Bertz CT molecular complexity index is 1500. The number of hydrogen-bond donors (Lipinski definition) is 2. The van der Waals surface area contributed by atoms with E-state index in [0.717, 1.165) is 38.5 Å². The average molecular weight is 693 g/mol. The molecule has 4 rings (SSSR count). The fourth-order valence-electron chi connectivity index (χ4n) is 6.96. The van der Waals surface area contributed by atoms with Crippen molar-refractivity contribution in [3.8, 4) is 0 Å². The molecule has 1 aromatic heterocycles. The topological polar surface area (TPSA) is 122 Å². The summed E-state index contributed by atoms with van der Waals surface area (Å²) < 4.78 is 16.3. The van der Waals surface area contributed by atoms with Crippen molar-refractivity contribution in [1.82, 2.24) is 15.5 Å². The minimum absolute atomic E-state index is 0.00201. The molecule has 2 aliphatic rings.